The first-order valence-corrected chi connectivity index (χ1v) is 7.19. The van der Waals surface area contributed by atoms with Crippen molar-refractivity contribution in [3.05, 3.63) is 30.0 Å². The number of benzene rings is 1. The quantitative estimate of drug-likeness (QED) is 0.905. The lowest BCUT2D eigenvalue weighted by molar-refractivity contribution is 0.0746. The third kappa shape index (κ3) is 3.45. The predicted octanol–water partition coefficient (Wildman–Crippen LogP) is 3.37. The van der Waals surface area contributed by atoms with Crippen molar-refractivity contribution in [3.8, 4) is 5.75 Å². The van der Waals surface area contributed by atoms with Crippen LogP contribution in [0, 0.1) is 12.3 Å². The van der Waals surface area contributed by atoms with Crippen LogP contribution in [-0.2, 0) is 0 Å². The van der Waals surface area contributed by atoms with Gasteiger partial charge in [-0.2, -0.15) is 0 Å². The molecule has 0 spiro atoms. The van der Waals surface area contributed by atoms with Gasteiger partial charge in [0.15, 0.2) is 0 Å². The number of aryl methyl sites for hydroxylation is 1. The molecule has 114 valence electrons. The minimum atomic E-state index is -0.424. The van der Waals surface area contributed by atoms with Gasteiger partial charge < -0.3 is 15.2 Å². The second kappa shape index (κ2) is 5.90. The molecule has 1 unspecified atom stereocenters. The second-order valence-electron chi connectivity index (χ2n) is 6.43. The monoisotopic (exact) mass is 288 g/mol. The van der Waals surface area contributed by atoms with E-state index in [1.807, 2.05) is 52.0 Å². The van der Waals surface area contributed by atoms with Crippen molar-refractivity contribution >= 4 is 16.6 Å². The molecule has 1 aromatic heterocycles. The van der Waals surface area contributed by atoms with E-state index >= 15 is 0 Å². The summed E-state index contributed by atoms with van der Waals surface area (Å²) in [5, 5.41) is 14.5. The van der Waals surface area contributed by atoms with Crippen molar-refractivity contribution in [2.75, 3.05) is 19.0 Å². The first kappa shape index (κ1) is 15.6. The van der Waals surface area contributed by atoms with Crippen molar-refractivity contribution in [2.24, 2.45) is 5.41 Å². The number of anilines is 1. The lowest BCUT2D eigenvalue weighted by Crippen LogP contribution is -2.32. The van der Waals surface area contributed by atoms with Crippen LogP contribution in [0.5, 0.6) is 5.75 Å². The summed E-state index contributed by atoms with van der Waals surface area (Å²) in [7, 11) is 1.65. The van der Waals surface area contributed by atoms with E-state index in [0.29, 0.717) is 6.54 Å². The molecule has 2 rings (SSSR count). The van der Waals surface area contributed by atoms with E-state index in [1.54, 1.807) is 7.11 Å². The molecule has 1 heterocycles. The number of para-hydroxylation sites is 1. The van der Waals surface area contributed by atoms with Crippen LogP contribution in [-0.4, -0.2) is 29.8 Å². The largest absolute Gasteiger partial charge is 0.494 e. The van der Waals surface area contributed by atoms with Crippen molar-refractivity contribution < 1.29 is 9.84 Å². The van der Waals surface area contributed by atoms with Gasteiger partial charge in [0, 0.05) is 23.3 Å². The van der Waals surface area contributed by atoms with Gasteiger partial charge in [0.2, 0.25) is 0 Å². The Balaban J connectivity index is 2.36. The number of hydrogen-bond acceptors (Lipinski definition) is 4. The standard InChI is InChI=1S/C17H24N2O2/c1-11-9-13(18-10-15(20)17(2,3)4)12-7-6-8-14(21-5)16(12)19-11/h6-9,15,20H,10H2,1-5H3,(H,18,19). The Labute approximate surface area is 126 Å². The third-order valence-corrected chi connectivity index (χ3v) is 3.64. The molecule has 0 bridgehead atoms. The normalized spacial score (nSPS) is 13.2. The fraction of sp³-hybridized carbons (Fsp3) is 0.471. The highest BCUT2D eigenvalue weighted by Crippen LogP contribution is 2.30. The molecule has 2 N–H and O–H groups in total. The number of nitrogens with zero attached hydrogens (tertiary/aromatic N) is 1. The van der Waals surface area contributed by atoms with Crippen LogP contribution in [0.1, 0.15) is 26.5 Å². The zero-order valence-electron chi connectivity index (χ0n) is 13.4. The Morgan fingerprint density at radius 3 is 2.67 bits per heavy atom. The average Bonchev–Trinajstić information content (AvgIpc) is 2.42. The van der Waals surface area contributed by atoms with Crippen LogP contribution >= 0.6 is 0 Å². The Morgan fingerprint density at radius 1 is 1.33 bits per heavy atom. The highest BCUT2D eigenvalue weighted by atomic mass is 16.5. The van der Waals surface area contributed by atoms with E-state index in [0.717, 1.165) is 28.0 Å². The van der Waals surface area contributed by atoms with Crippen molar-refractivity contribution in [3.63, 3.8) is 0 Å². The molecule has 4 nitrogen and oxygen atoms in total. The van der Waals surface area contributed by atoms with E-state index in [2.05, 4.69) is 10.3 Å². The van der Waals surface area contributed by atoms with Crippen molar-refractivity contribution in [2.45, 2.75) is 33.8 Å². The molecule has 1 aromatic carbocycles. The topological polar surface area (TPSA) is 54.4 Å². The van der Waals surface area contributed by atoms with E-state index < -0.39 is 6.10 Å². The molecular formula is C17H24N2O2. The van der Waals surface area contributed by atoms with Crippen LogP contribution in [0.3, 0.4) is 0 Å². The fourth-order valence-corrected chi connectivity index (χ4v) is 2.17. The number of ether oxygens (including phenoxy) is 1. The molecule has 0 saturated carbocycles. The first-order valence-electron chi connectivity index (χ1n) is 7.19. The summed E-state index contributed by atoms with van der Waals surface area (Å²) in [4.78, 5) is 4.56. The van der Waals surface area contributed by atoms with Gasteiger partial charge in [0.1, 0.15) is 11.3 Å². The molecule has 0 radical (unpaired) electrons. The molecule has 0 aliphatic carbocycles. The number of pyridine rings is 1. The lowest BCUT2D eigenvalue weighted by Gasteiger charge is -2.26. The summed E-state index contributed by atoms with van der Waals surface area (Å²) >= 11 is 0. The molecule has 0 aliphatic heterocycles. The van der Waals surface area contributed by atoms with Gasteiger partial charge in [-0.1, -0.05) is 32.9 Å². The summed E-state index contributed by atoms with van der Waals surface area (Å²) in [6.07, 6.45) is -0.424. The SMILES string of the molecule is COc1cccc2c(NCC(O)C(C)(C)C)cc(C)nc12. The molecule has 21 heavy (non-hydrogen) atoms. The number of methoxy groups -OCH3 is 1. The fourth-order valence-electron chi connectivity index (χ4n) is 2.17. The molecular weight excluding hydrogens is 264 g/mol. The zero-order valence-corrected chi connectivity index (χ0v) is 13.4. The van der Waals surface area contributed by atoms with Crippen molar-refractivity contribution in [1.29, 1.82) is 0 Å². The van der Waals surface area contributed by atoms with Crippen LogP contribution in [0.4, 0.5) is 5.69 Å². The Morgan fingerprint density at radius 2 is 2.05 bits per heavy atom. The summed E-state index contributed by atoms with van der Waals surface area (Å²) in [6, 6.07) is 7.86. The third-order valence-electron chi connectivity index (χ3n) is 3.64. The number of aliphatic hydroxyl groups is 1. The van der Waals surface area contributed by atoms with Crippen LogP contribution in [0.25, 0.3) is 10.9 Å². The second-order valence-corrected chi connectivity index (χ2v) is 6.43. The van der Waals surface area contributed by atoms with Gasteiger partial charge in [-0.05, 0) is 24.5 Å². The van der Waals surface area contributed by atoms with Crippen molar-refractivity contribution in [1.82, 2.24) is 4.98 Å². The van der Waals surface area contributed by atoms with Gasteiger partial charge in [-0.25, -0.2) is 4.98 Å². The smallest absolute Gasteiger partial charge is 0.145 e. The van der Waals surface area contributed by atoms with E-state index in [4.69, 9.17) is 4.74 Å². The molecule has 2 aromatic rings. The van der Waals surface area contributed by atoms with E-state index in [1.165, 1.54) is 0 Å². The number of aliphatic hydroxyl groups excluding tert-OH is 1. The van der Waals surface area contributed by atoms with Crippen LogP contribution in [0.15, 0.2) is 24.3 Å². The predicted molar refractivity (Wildman–Crippen MR) is 87.0 cm³/mol. The maximum atomic E-state index is 10.2. The summed E-state index contributed by atoms with van der Waals surface area (Å²) in [5.74, 6) is 0.760. The van der Waals surface area contributed by atoms with Crippen LogP contribution < -0.4 is 10.1 Å². The van der Waals surface area contributed by atoms with Gasteiger partial charge in [0.25, 0.3) is 0 Å². The Bertz CT molecular complexity index is 632. The van der Waals surface area contributed by atoms with E-state index in [9.17, 15) is 5.11 Å². The lowest BCUT2D eigenvalue weighted by atomic mass is 9.89. The summed E-state index contributed by atoms with van der Waals surface area (Å²) in [6.45, 7) is 8.53. The van der Waals surface area contributed by atoms with E-state index in [-0.39, 0.29) is 5.41 Å². The molecule has 4 heteroatoms. The average molecular weight is 288 g/mol. The summed E-state index contributed by atoms with van der Waals surface area (Å²) < 4.78 is 5.38. The number of rotatable bonds is 4. The van der Waals surface area contributed by atoms with Gasteiger partial charge in [-0.15, -0.1) is 0 Å². The molecule has 1 atom stereocenters. The molecule has 0 saturated heterocycles. The highest BCUT2D eigenvalue weighted by molar-refractivity contribution is 5.95. The zero-order chi connectivity index (χ0) is 15.6. The molecule has 0 amide bonds. The number of hydrogen-bond donors (Lipinski definition) is 2. The summed E-state index contributed by atoms with van der Waals surface area (Å²) in [5.41, 5.74) is 2.58. The number of fused-ring (bicyclic) bond motifs is 1. The minimum Gasteiger partial charge on any atom is -0.494 e. The maximum absolute atomic E-state index is 10.2. The van der Waals surface area contributed by atoms with Crippen LogP contribution in [0.2, 0.25) is 0 Å². The molecule has 0 fully saturated rings. The Kier molecular flexibility index (Phi) is 4.37. The molecule has 0 aliphatic rings. The first-order chi connectivity index (χ1) is 9.82. The highest BCUT2D eigenvalue weighted by Gasteiger charge is 2.22. The number of aromatic nitrogens is 1. The minimum absolute atomic E-state index is 0.150. The number of nitrogens with one attached hydrogen (secondary N) is 1. The van der Waals surface area contributed by atoms with Gasteiger partial charge in [0.05, 0.1) is 13.2 Å². The van der Waals surface area contributed by atoms with Gasteiger partial charge in [-0.3, -0.25) is 0 Å². The maximum Gasteiger partial charge on any atom is 0.145 e. The Hall–Kier alpha value is -1.81. The van der Waals surface area contributed by atoms with Gasteiger partial charge >= 0.3 is 0 Å².